The molecule has 0 unspecified atom stereocenters. The first-order valence-electron chi connectivity index (χ1n) is 8.15. The minimum absolute atomic E-state index is 0.160. The Morgan fingerprint density at radius 1 is 1.12 bits per heavy atom. The molecular formula is C19H18N2OS2. The van der Waals surface area contributed by atoms with Crippen molar-refractivity contribution in [2.75, 3.05) is 13.1 Å². The van der Waals surface area contributed by atoms with E-state index in [0.29, 0.717) is 5.78 Å². The Morgan fingerprint density at radius 2 is 1.88 bits per heavy atom. The summed E-state index contributed by atoms with van der Waals surface area (Å²) in [5.74, 6) is 0.483. The van der Waals surface area contributed by atoms with Crippen LogP contribution in [0, 0.1) is 5.92 Å². The van der Waals surface area contributed by atoms with Crippen molar-refractivity contribution in [3.8, 4) is 0 Å². The predicted molar refractivity (Wildman–Crippen MR) is 101 cm³/mol. The molecule has 0 aliphatic carbocycles. The minimum atomic E-state index is 0.160. The fourth-order valence-corrected chi connectivity index (χ4v) is 5.08. The number of rotatable bonds is 4. The van der Waals surface area contributed by atoms with E-state index < -0.39 is 0 Å². The van der Waals surface area contributed by atoms with Crippen LogP contribution in [0.2, 0.25) is 0 Å². The van der Waals surface area contributed by atoms with Gasteiger partial charge in [0.25, 0.3) is 0 Å². The van der Waals surface area contributed by atoms with Crippen LogP contribution in [0.15, 0.2) is 59.8 Å². The van der Waals surface area contributed by atoms with E-state index >= 15 is 0 Å². The number of aromatic nitrogens is 1. The Bertz CT molecular complexity index is 806. The maximum atomic E-state index is 12.8. The molecule has 0 bridgehead atoms. The van der Waals surface area contributed by atoms with Gasteiger partial charge in [-0.25, -0.2) is 4.31 Å². The Labute approximate surface area is 149 Å². The lowest BCUT2D eigenvalue weighted by Gasteiger charge is -2.29. The van der Waals surface area contributed by atoms with E-state index in [1.807, 2.05) is 36.7 Å². The summed E-state index contributed by atoms with van der Waals surface area (Å²) >= 11 is 3.39. The van der Waals surface area contributed by atoms with E-state index in [1.54, 1.807) is 23.3 Å². The third-order valence-electron chi connectivity index (χ3n) is 4.38. The topological polar surface area (TPSA) is 33.2 Å². The number of Topliss-reactive ketones (excluding diaryl/α,β-unsaturated/α-hetero) is 1. The van der Waals surface area contributed by atoms with Gasteiger partial charge in [-0.2, -0.15) is 0 Å². The van der Waals surface area contributed by atoms with Gasteiger partial charge >= 0.3 is 0 Å². The summed E-state index contributed by atoms with van der Waals surface area (Å²) in [7, 11) is 0. The maximum absolute atomic E-state index is 12.8. The van der Waals surface area contributed by atoms with Crippen molar-refractivity contribution < 1.29 is 4.79 Å². The van der Waals surface area contributed by atoms with Crippen molar-refractivity contribution in [2.24, 2.45) is 5.92 Å². The van der Waals surface area contributed by atoms with Gasteiger partial charge in [0.15, 0.2) is 5.78 Å². The summed E-state index contributed by atoms with van der Waals surface area (Å²) in [6.45, 7) is 1.91. The number of carbonyl (C=O) groups excluding carboxylic acids is 1. The Balaban J connectivity index is 1.39. The molecule has 3 nitrogen and oxygen atoms in total. The molecule has 1 aliphatic rings. The predicted octanol–water partition coefficient (Wildman–Crippen LogP) is 4.90. The van der Waals surface area contributed by atoms with E-state index in [2.05, 4.69) is 27.5 Å². The minimum Gasteiger partial charge on any atom is -0.293 e. The highest BCUT2D eigenvalue weighted by atomic mass is 32.2. The third-order valence-corrected chi connectivity index (χ3v) is 6.61. The van der Waals surface area contributed by atoms with Gasteiger partial charge in [-0.05, 0) is 54.4 Å². The molecule has 0 amide bonds. The van der Waals surface area contributed by atoms with Gasteiger partial charge in [0.05, 0.1) is 4.88 Å². The Morgan fingerprint density at radius 3 is 2.62 bits per heavy atom. The molecule has 3 aromatic rings. The second-order valence-electron chi connectivity index (χ2n) is 5.99. The van der Waals surface area contributed by atoms with Gasteiger partial charge < -0.3 is 0 Å². The molecule has 122 valence electrons. The number of hydrogen-bond donors (Lipinski definition) is 0. The zero-order chi connectivity index (χ0) is 16.4. The molecule has 24 heavy (non-hydrogen) atoms. The number of nitrogens with zero attached hydrogens (tertiary/aromatic N) is 2. The van der Waals surface area contributed by atoms with Crippen LogP contribution < -0.4 is 0 Å². The molecular weight excluding hydrogens is 336 g/mol. The summed E-state index contributed by atoms with van der Waals surface area (Å²) in [6.07, 6.45) is 5.51. The van der Waals surface area contributed by atoms with Crippen molar-refractivity contribution in [2.45, 2.75) is 17.7 Å². The van der Waals surface area contributed by atoms with Crippen molar-refractivity contribution in [3.05, 3.63) is 59.7 Å². The normalized spacial score (nSPS) is 16.5. The Kier molecular flexibility index (Phi) is 4.65. The van der Waals surface area contributed by atoms with Gasteiger partial charge in [0.1, 0.15) is 0 Å². The van der Waals surface area contributed by atoms with Crippen LogP contribution in [-0.4, -0.2) is 28.2 Å². The molecule has 5 heteroatoms. The van der Waals surface area contributed by atoms with Crippen LogP contribution in [0.25, 0.3) is 10.1 Å². The van der Waals surface area contributed by atoms with Gasteiger partial charge in [-0.15, -0.1) is 11.3 Å². The lowest BCUT2D eigenvalue weighted by Crippen LogP contribution is -2.32. The van der Waals surface area contributed by atoms with Crippen LogP contribution in [0.5, 0.6) is 0 Å². The third kappa shape index (κ3) is 3.38. The van der Waals surface area contributed by atoms with Gasteiger partial charge in [-0.1, -0.05) is 18.2 Å². The van der Waals surface area contributed by atoms with E-state index in [9.17, 15) is 4.79 Å². The zero-order valence-corrected chi connectivity index (χ0v) is 14.9. The van der Waals surface area contributed by atoms with Crippen molar-refractivity contribution in [3.63, 3.8) is 0 Å². The van der Waals surface area contributed by atoms with E-state index in [1.165, 1.54) is 15.0 Å². The fraction of sp³-hybridized carbons (Fsp3) is 0.263. The number of thiophene rings is 1. The number of pyridine rings is 1. The second-order valence-corrected chi connectivity index (χ2v) is 8.24. The van der Waals surface area contributed by atoms with E-state index in [-0.39, 0.29) is 5.92 Å². The molecule has 0 N–H and O–H groups in total. The molecule has 1 aliphatic heterocycles. The van der Waals surface area contributed by atoms with Crippen LogP contribution >= 0.6 is 23.3 Å². The molecule has 1 fully saturated rings. The quantitative estimate of drug-likeness (QED) is 0.493. The number of benzene rings is 1. The van der Waals surface area contributed by atoms with Crippen LogP contribution in [-0.2, 0) is 0 Å². The molecule has 3 heterocycles. The Hall–Kier alpha value is -1.69. The van der Waals surface area contributed by atoms with E-state index in [4.69, 9.17) is 0 Å². The monoisotopic (exact) mass is 354 g/mol. The van der Waals surface area contributed by atoms with Crippen LogP contribution in [0.4, 0.5) is 0 Å². The molecule has 0 radical (unpaired) electrons. The highest BCUT2D eigenvalue weighted by Gasteiger charge is 2.27. The number of piperidine rings is 1. The molecule has 0 atom stereocenters. The fourth-order valence-electron chi connectivity index (χ4n) is 3.06. The highest BCUT2D eigenvalue weighted by Crippen LogP contribution is 2.32. The van der Waals surface area contributed by atoms with Gasteiger partial charge in [0, 0.05) is 41.0 Å². The summed E-state index contributed by atoms with van der Waals surface area (Å²) in [4.78, 5) is 19.0. The first kappa shape index (κ1) is 15.8. The maximum Gasteiger partial charge on any atom is 0.175 e. The number of fused-ring (bicyclic) bond motifs is 1. The van der Waals surface area contributed by atoms with Crippen molar-refractivity contribution >= 4 is 39.2 Å². The lowest BCUT2D eigenvalue weighted by molar-refractivity contribution is 0.0883. The summed E-state index contributed by atoms with van der Waals surface area (Å²) in [6, 6.07) is 14.3. The average molecular weight is 355 g/mol. The first-order valence-corrected chi connectivity index (χ1v) is 9.74. The molecule has 1 saturated heterocycles. The summed E-state index contributed by atoms with van der Waals surface area (Å²) < 4.78 is 3.55. The number of hydrogen-bond acceptors (Lipinski definition) is 5. The highest BCUT2D eigenvalue weighted by molar-refractivity contribution is 7.97. The molecule has 2 aromatic heterocycles. The average Bonchev–Trinajstić information content (AvgIpc) is 3.07. The van der Waals surface area contributed by atoms with Crippen molar-refractivity contribution in [1.82, 2.24) is 9.29 Å². The standard InChI is InChI=1S/C19H18N2OS2/c22-19(18-13-15-3-1-2-4-17(15)23-18)14-7-11-21(12-8-14)24-16-5-9-20-10-6-16/h1-6,9-10,13-14H,7-8,11-12H2. The molecule has 0 saturated carbocycles. The van der Waals surface area contributed by atoms with Crippen LogP contribution in [0.1, 0.15) is 22.5 Å². The largest absolute Gasteiger partial charge is 0.293 e. The van der Waals surface area contributed by atoms with Crippen molar-refractivity contribution in [1.29, 1.82) is 0 Å². The van der Waals surface area contributed by atoms with E-state index in [0.717, 1.165) is 30.8 Å². The lowest BCUT2D eigenvalue weighted by atomic mass is 9.92. The second kappa shape index (κ2) is 7.05. The number of carbonyl (C=O) groups is 1. The zero-order valence-electron chi connectivity index (χ0n) is 13.2. The molecule has 4 rings (SSSR count). The summed E-state index contributed by atoms with van der Waals surface area (Å²) in [5.41, 5.74) is 0. The molecule has 1 aromatic carbocycles. The first-order chi connectivity index (χ1) is 11.8. The van der Waals surface area contributed by atoms with Gasteiger partial charge in [-0.3, -0.25) is 9.78 Å². The molecule has 0 spiro atoms. The SMILES string of the molecule is O=C(c1cc2ccccc2s1)C1CCN(Sc2ccncc2)CC1. The summed E-state index contributed by atoms with van der Waals surface area (Å²) in [5, 5.41) is 1.18. The smallest absolute Gasteiger partial charge is 0.175 e. The van der Waals surface area contributed by atoms with Gasteiger partial charge in [0.2, 0.25) is 0 Å². The van der Waals surface area contributed by atoms with Crippen LogP contribution in [0.3, 0.4) is 0 Å². The number of ketones is 1.